The number of pyridine rings is 2. The maximum atomic E-state index is 11.2. The quantitative estimate of drug-likeness (QED) is 0.444. The van der Waals surface area contributed by atoms with Crippen molar-refractivity contribution in [2.75, 3.05) is 13.7 Å². The van der Waals surface area contributed by atoms with Crippen molar-refractivity contribution in [2.45, 2.75) is 0 Å². The number of nitrogens with zero attached hydrogens (tertiary/aromatic N) is 4. The summed E-state index contributed by atoms with van der Waals surface area (Å²) >= 11 is 0. The molecule has 0 fully saturated rings. The lowest BCUT2D eigenvalue weighted by molar-refractivity contribution is 0.0600. The van der Waals surface area contributed by atoms with Gasteiger partial charge in [0.05, 0.1) is 19.2 Å². The van der Waals surface area contributed by atoms with Crippen LogP contribution >= 0.6 is 0 Å². The molecular formula is C18H17N5O3. The van der Waals surface area contributed by atoms with Crippen LogP contribution in [0.3, 0.4) is 0 Å². The van der Waals surface area contributed by atoms with Crippen molar-refractivity contribution in [1.29, 1.82) is 0 Å². The van der Waals surface area contributed by atoms with Crippen LogP contribution in [-0.4, -0.2) is 44.2 Å². The Morgan fingerprint density at radius 1 is 0.962 bits per heavy atom. The number of hydrogen-bond acceptors (Lipinski definition) is 6. The number of ketones is 1. The highest BCUT2D eigenvalue weighted by molar-refractivity contribution is 5.98. The molecule has 0 aliphatic heterocycles. The number of methoxy groups -OCH3 is 1. The zero-order valence-corrected chi connectivity index (χ0v) is 14.1. The molecule has 8 nitrogen and oxygen atoms in total. The number of Topliss-reactive ketones (excluding diaryl/α,β-unsaturated/α-hetero) is 1. The van der Waals surface area contributed by atoms with Gasteiger partial charge in [0, 0.05) is 42.7 Å². The molecule has 4 heterocycles. The molecule has 4 aromatic rings. The van der Waals surface area contributed by atoms with Crippen LogP contribution in [0.5, 0.6) is 0 Å². The third-order valence-electron chi connectivity index (χ3n) is 3.72. The van der Waals surface area contributed by atoms with Gasteiger partial charge in [-0.25, -0.2) is 14.8 Å². The van der Waals surface area contributed by atoms with E-state index in [1.807, 2.05) is 21.2 Å². The fourth-order valence-corrected chi connectivity index (χ4v) is 2.36. The fourth-order valence-electron chi connectivity index (χ4n) is 2.36. The zero-order valence-electron chi connectivity index (χ0n) is 14.1. The van der Waals surface area contributed by atoms with E-state index in [4.69, 9.17) is 5.73 Å². The largest absolute Gasteiger partial charge is 0.465 e. The van der Waals surface area contributed by atoms with Crippen LogP contribution in [0.25, 0.3) is 11.3 Å². The van der Waals surface area contributed by atoms with Gasteiger partial charge >= 0.3 is 5.97 Å². The van der Waals surface area contributed by atoms with Gasteiger partial charge in [0.2, 0.25) is 0 Å². The lowest BCUT2D eigenvalue weighted by Crippen LogP contribution is -2.13. The highest BCUT2D eigenvalue weighted by Gasteiger charge is 2.05. The van der Waals surface area contributed by atoms with Crippen molar-refractivity contribution in [3.8, 4) is 0 Å². The van der Waals surface area contributed by atoms with Crippen molar-refractivity contribution in [1.82, 2.24) is 18.8 Å². The molecule has 2 N–H and O–H groups in total. The van der Waals surface area contributed by atoms with Gasteiger partial charge in [-0.1, -0.05) is 0 Å². The Hall–Kier alpha value is -3.52. The Morgan fingerprint density at radius 3 is 2.04 bits per heavy atom. The van der Waals surface area contributed by atoms with Gasteiger partial charge in [-0.2, -0.15) is 0 Å². The summed E-state index contributed by atoms with van der Waals surface area (Å²) in [6.45, 7) is 0.0386. The van der Waals surface area contributed by atoms with Gasteiger partial charge < -0.3 is 19.3 Å². The first-order valence-corrected chi connectivity index (χ1v) is 7.79. The van der Waals surface area contributed by atoms with Crippen molar-refractivity contribution in [3.05, 3.63) is 72.6 Å². The second-order valence-electron chi connectivity index (χ2n) is 5.34. The lowest BCUT2D eigenvalue weighted by atomic mass is 10.2. The molecule has 0 bridgehead atoms. The average Bonchev–Trinajstić information content (AvgIpc) is 3.34. The van der Waals surface area contributed by atoms with E-state index in [1.54, 1.807) is 49.1 Å². The Morgan fingerprint density at radius 2 is 1.50 bits per heavy atom. The monoisotopic (exact) mass is 351 g/mol. The lowest BCUT2D eigenvalue weighted by Gasteiger charge is -1.98. The third kappa shape index (κ3) is 3.60. The smallest absolute Gasteiger partial charge is 0.338 e. The Kier molecular flexibility index (Phi) is 5.04. The number of nitrogens with two attached hydrogens (primary N) is 1. The van der Waals surface area contributed by atoms with Crippen LogP contribution in [0.1, 0.15) is 20.7 Å². The first kappa shape index (κ1) is 17.3. The molecule has 4 aromatic heterocycles. The number of rotatable bonds is 3. The Balaban J connectivity index is 0.000000151. The number of aromatic nitrogens is 4. The molecule has 0 radical (unpaired) electrons. The predicted molar refractivity (Wildman–Crippen MR) is 95.1 cm³/mol. The molecule has 0 aliphatic carbocycles. The van der Waals surface area contributed by atoms with Crippen molar-refractivity contribution < 1.29 is 14.3 Å². The predicted octanol–water partition coefficient (Wildman–Crippen LogP) is 1.60. The molecule has 0 saturated carbocycles. The minimum atomic E-state index is -0.342. The summed E-state index contributed by atoms with van der Waals surface area (Å²) in [5.41, 5.74) is 7.88. The molecule has 0 unspecified atom stereocenters. The molecule has 0 amide bonds. The number of carbonyl (C=O) groups is 2. The summed E-state index contributed by atoms with van der Waals surface area (Å²) in [6.07, 6.45) is 10.6. The fraction of sp³-hybridized carbons (Fsp3) is 0.111. The SMILES string of the molecule is COC(=O)c1ccn2ccnc2c1.NCC(=O)c1ccn2ccnc2c1. The van der Waals surface area contributed by atoms with E-state index in [0.717, 1.165) is 11.3 Å². The number of esters is 1. The molecule has 4 rings (SSSR count). The Bertz CT molecular complexity index is 981. The highest BCUT2D eigenvalue weighted by Crippen LogP contribution is 2.06. The van der Waals surface area contributed by atoms with Crippen LogP contribution in [-0.2, 0) is 4.74 Å². The number of ether oxygens (including phenoxy) is 1. The second kappa shape index (κ2) is 7.58. The minimum Gasteiger partial charge on any atom is -0.465 e. The standard InChI is InChI=1S/C9H9N3O.C9H8N2O2/c10-6-8(13)7-1-3-12-4-2-11-9(12)5-7;1-13-9(12)7-2-4-11-5-3-10-8(11)6-7/h1-5H,6,10H2;2-6H,1H3. The molecule has 0 aliphatic rings. The molecule has 132 valence electrons. The third-order valence-corrected chi connectivity index (χ3v) is 3.72. The topological polar surface area (TPSA) is 104 Å². The molecule has 8 heteroatoms. The van der Waals surface area contributed by atoms with Crippen LogP contribution in [0.15, 0.2) is 61.4 Å². The highest BCUT2D eigenvalue weighted by atomic mass is 16.5. The van der Waals surface area contributed by atoms with Gasteiger partial charge in [0.15, 0.2) is 5.78 Å². The first-order chi connectivity index (χ1) is 12.6. The maximum Gasteiger partial charge on any atom is 0.338 e. The Labute approximate surface area is 148 Å². The summed E-state index contributed by atoms with van der Waals surface area (Å²) in [7, 11) is 1.36. The van der Waals surface area contributed by atoms with Gasteiger partial charge in [0.1, 0.15) is 11.3 Å². The maximum absolute atomic E-state index is 11.2. The average molecular weight is 351 g/mol. The number of imidazole rings is 2. The summed E-state index contributed by atoms with van der Waals surface area (Å²) in [4.78, 5) is 30.5. The second-order valence-corrected chi connectivity index (χ2v) is 5.34. The van der Waals surface area contributed by atoms with E-state index in [2.05, 4.69) is 14.7 Å². The van der Waals surface area contributed by atoms with E-state index >= 15 is 0 Å². The van der Waals surface area contributed by atoms with Gasteiger partial charge in [-0.15, -0.1) is 0 Å². The van der Waals surface area contributed by atoms with Gasteiger partial charge in [-0.05, 0) is 24.3 Å². The van der Waals surface area contributed by atoms with Crippen LogP contribution in [0.2, 0.25) is 0 Å². The summed E-state index contributed by atoms with van der Waals surface area (Å²) in [5, 5.41) is 0. The summed E-state index contributed by atoms with van der Waals surface area (Å²) < 4.78 is 8.25. The molecule has 0 atom stereocenters. The van der Waals surface area contributed by atoms with E-state index in [0.29, 0.717) is 11.1 Å². The van der Waals surface area contributed by atoms with E-state index in [1.165, 1.54) is 7.11 Å². The van der Waals surface area contributed by atoms with Gasteiger partial charge in [0.25, 0.3) is 0 Å². The zero-order chi connectivity index (χ0) is 18.5. The molecule has 0 saturated heterocycles. The molecule has 0 aromatic carbocycles. The van der Waals surface area contributed by atoms with Crippen LogP contribution < -0.4 is 5.73 Å². The van der Waals surface area contributed by atoms with E-state index < -0.39 is 0 Å². The summed E-state index contributed by atoms with van der Waals surface area (Å²) in [5.74, 6) is -0.406. The molecular weight excluding hydrogens is 334 g/mol. The number of hydrogen-bond donors (Lipinski definition) is 1. The molecule has 26 heavy (non-hydrogen) atoms. The number of fused-ring (bicyclic) bond motifs is 2. The molecule has 0 spiro atoms. The van der Waals surface area contributed by atoms with Crippen LogP contribution in [0.4, 0.5) is 0 Å². The van der Waals surface area contributed by atoms with E-state index in [9.17, 15) is 9.59 Å². The van der Waals surface area contributed by atoms with E-state index in [-0.39, 0.29) is 18.3 Å². The summed E-state index contributed by atoms with van der Waals surface area (Å²) in [6, 6.07) is 6.85. The van der Waals surface area contributed by atoms with Crippen molar-refractivity contribution in [2.24, 2.45) is 5.73 Å². The van der Waals surface area contributed by atoms with Crippen LogP contribution in [0, 0.1) is 0 Å². The van der Waals surface area contributed by atoms with Gasteiger partial charge in [-0.3, -0.25) is 4.79 Å². The van der Waals surface area contributed by atoms with Crippen molar-refractivity contribution >= 4 is 23.0 Å². The number of carbonyl (C=O) groups excluding carboxylic acids is 2. The first-order valence-electron chi connectivity index (χ1n) is 7.79. The normalized spacial score (nSPS) is 10.4. The minimum absolute atomic E-state index is 0.0386. The van der Waals surface area contributed by atoms with Crippen molar-refractivity contribution in [3.63, 3.8) is 0 Å².